The van der Waals surface area contributed by atoms with Crippen molar-refractivity contribution in [2.45, 2.75) is 13.8 Å². The van der Waals surface area contributed by atoms with Crippen LogP contribution in [0.5, 0.6) is 0 Å². The zero-order valence-corrected chi connectivity index (χ0v) is 12.3. The maximum atomic E-state index is 12.2. The molecule has 0 saturated heterocycles. The quantitative estimate of drug-likeness (QED) is 0.653. The fourth-order valence-electron chi connectivity index (χ4n) is 1.49. The molecule has 0 bridgehead atoms. The Morgan fingerprint density at radius 3 is 2.75 bits per heavy atom. The standard InChI is InChI=1S/C14H17NO4S/c1-3-15(10-13(17)19-4-2)14(18)12-8-7-11(20-12)6-5-9-16/h7-8,16H,3-4,9-10H2,1-2H3. The largest absolute Gasteiger partial charge is 0.465 e. The van der Waals surface area contributed by atoms with Crippen molar-refractivity contribution in [3.8, 4) is 11.8 Å². The molecule has 6 heteroatoms. The first kappa shape index (κ1) is 16.2. The van der Waals surface area contributed by atoms with Gasteiger partial charge in [0.1, 0.15) is 13.2 Å². The van der Waals surface area contributed by atoms with Gasteiger partial charge in [0.15, 0.2) is 0 Å². The number of thiophene rings is 1. The van der Waals surface area contributed by atoms with E-state index in [1.807, 2.05) is 0 Å². The van der Waals surface area contributed by atoms with Gasteiger partial charge >= 0.3 is 5.97 Å². The third-order valence-corrected chi connectivity index (χ3v) is 3.39. The number of hydrogen-bond donors (Lipinski definition) is 1. The predicted molar refractivity (Wildman–Crippen MR) is 76.5 cm³/mol. The predicted octanol–water partition coefficient (Wildman–Crippen LogP) is 1.12. The van der Waals surface area contributed by atoms with Crippen molar-refractivity contribution >= 4 is 23.2 Å². The van der Waals surface area contributed by atoms with Crippen LogP contribution in [-0.4, -0.2) is 48.2 Å². The highest BCUT2D eigenvalue weighted by atomic mass is 32.1. The summed E-state index contributed by atoms with van der Waals surface area (Å²) >= 11 is 1.24. The van der Waals surface area contributed by atoms with Gasteiger partial charge < -0.3 is 14.7 Å². The summed E-state index contributed by atoms with van der Waals surface area (Å²) in [6.45, 7) is 3.97. The average molecular weight is 295 g/mol. The first-order valence-electron chi connectivity index (χ1n) is 6.26. The van der Waals surface area contributed by atoms with E-state index in [-0.39, 0.29) is 19.1 Å². The summed E-state index contributed by atoms with van der Waals surface area (Å²) < 4.78 is 4.84. The van der Waals surface area contributed by atoms with Gasteiger partial charge in [0.25, 0.3) is 5.91 Å². The van der Waals surface area contributed by atoms with Gasteiger partial charge in [-0.3, -0.25) is 9.59 Å². The lowest BCUT2D eigenvalue weighted by atomic mass is 10.3. The number of esters is 1. The van der Waals surface area contributed by atoms with E-state index < -0.39 is 5.97 Å². The van der Waals surface area contributed by atoms with Crippen molar-refractivity contribution in [2.75, 3.05) is 26.3 Å². The number of likely N-dealkylation sites (N-methyl/N-ethyl adjacent to an activating group) is 1. The molecule has 0 spiro atoms. The zero-order valence-electron chi connectivity index (χ0n) is 11.5. The van der Waals surface area contributed by atoms with Crippen molar-refractivity contribution < 1.29 is 19.4 Å². The van der Waals surface area contributed by atoms with Crippen LogP contribution in [-0.2, 0) is 9.53 Å². The van der Waals surface area contributed by atoms with Gasteiger partial charge in [0, 0.05) is 6.54 Å². The minimum atomic E-state index is -0.417. The molecule has 0 saturated carbocycles. The van der Waals surface area contributed by atoms with Crippen LogP contribution in [0, 0.1) is 11.8 Å². The Morgan fingerprint density at radius 2 is 2.15 bits per heavy atom. The molecule has 1 aromatic heterocycles. The molecule has 1 heterocycles. The number of aliphatic hydroxyl groups excluding tert-OH is 1. The van der Waals surface area contributed by atoms with E-state index in [2.05, 4.69) is 11.8 Å². The van der Waals surface area contributed by atoms with E-state index in [1.165, 1.54) is 16.2 Å². The van der Waals surface area contributed by atoms with Crippen LogP contribution in [0.3, 0.4) is 0 Å². The second kappa shape index (κ2) is 8.35. The molecule has 0 aliphatic rings. The van der Waals surface area contributed by atoms with Crippen LogP contribution in [0.4, 0.5) is 0 Å². The van der Waals surface area contributed by atoms with Crippen LogP contribution >= 0.6 is 11.3 Å². The molecule has 1 N–H and O–H groups in total. The van der Waals surface area contributed by atoms with Gasteiger partial charge in [0.2, 0.25) is 0 Å². The van der Waals surface area contributed by atoms with Crippen molar-refractivity contribution in [1.29, 1.82) is 0 Å². The van der Waals surface area contributed by atoms with E-state index in [4.69, 9.17) is 9.84 Å². The number of aliphatic hydroxyl groups is 1. The number of nitrogens with zero attached hydrogens (tertiary/aromatic N) is 1. The Hall–Kier alpha value is -1.84. The van der Waals surface area contributed by atoms with Crippen LogP contribution in [0.25, 0.3) is 0 Å². The summed E-state index contributed by atoms with van der Waals surface area (Å²) in [5.74, 6) is 4.63. The fraction of sp³-hybridized carbons (Fsp3) is 0.429. The molecule has 108 valence electrons. The molecule has 0 radical (unpaired) electrons. The summed E-state index contributed by atoms with van der Waals surface area (Å²) in [5, 5.41) is 8.62. The van der Waals surface area contributed by atoms with Gasteiger partial charge in [-0.15, -0.1) is 11.3 Å². The lowest BCUT2D eigenvalue weighted by Crippen LogP contribution is -2.35. The Morgan fingerprint density at radius 1 is 1.40 bits per heavy atom. The Bertz CT molecular complexity index is 527. The smallest absolute Gasteiger partial charge is 0.325 e. The highest BCUT2D eigenvalue weighted by Gasteiger charge is 2.19. The normalized spacial score (nSPS) is 9.55. The lowest BCUT2D eigenvalue weighted by Gasteiger charge is -2.18. The topological polar surface area (TPSA) is 66.8 Å². The zero-order chi connectivity index (χ0) is 15.0. The number of amides is 1. The van der Waals surface area contributed by atoms with Gasteiger partial charge in [-0.2, -0.15) is 0 Å². The number of carbonyl (C=O) groups excluding carboxylic acids is 2. The van der Waals surface area contributed by atoms with E-state index in [0.717, 1.165) is 0 Å². The van der Waals surface area contributed by atoms with Gasteiger partial charge in [-0.25, -0.2) is 0 Å². The lowest BCUT2D eigenvalue weighted by molar-refractivity contribution is -0.143. The Balaban J connectivity index is 2.75. The summed E-state index contributed by atoms with van der Waals surface area (Å²) in [7, 11) is 0. The highest BCUT2D eigenvalue weighted by molar-refractivity contribution is 7.14. The molecular formula is C14H17NO4S. The first-order valence-corrected chi connectivity index (χ1v) is 7.08. The van der Waals surface area contributed by atoms with Gasteiger partial charge in [-0.05, 0) is 26.0 Å². The maximum Gasteiger partial charge on any atom is 0.325 e. The average Bonchev–Trinajstić information content (AvgIpc) is 2.91. The fourth-order valence-corrected chi connectivity index (χ4v) is 2.34. The molecule has 5 nitrogen and oxygen atoms in total. The Kier molecular flexibility index (Phi) is 6.77. The summed E-state index contributed by atoms with van der Waals surface area (Å²) in [5.41, 5.74) is 0. The molecule has 0 fully saturated rings. The molecule has 1 aromatic rings. The van der Waals surface area contributed by atoms with Gasteiger partial charge in [0.05, 0.1) is 16.4 Å². The molecule has 1 rings (SSSR count). The van der Waals surface area contributed by atoms with Crippen molar-refractivity contribution in [2.24, 2.45) is 0 Å². The van der Waals surface area contributed by atoms with Crippen molar-refractivity contribution in [3.05, 3.63) is 21.9 Å². The number of rotatable bonds is 5. The molecule has 0 atom stereocenters. The minimum absolute atomic E-state index is 0.0568. The van der Waals surface area contributed by atoms with E-state index in [1.54, 1.807) is 26.0 Å². The van der Waals surface area contributed by atoms with Crippen LogP contribution in [0.2, 0.25) is 0 Å². The maximum absolute atomic E-state index is 12.2. The third kappa shape index (κ3) is 4.68. The second-order valence-corrected chi connectivity index (χ2v) is 4.83. The van der Waals surface area contributed by atoms with Crippen molar-refractivity contribution in [1.82, 2.24) is 4.90 Å². The van der Waals surface area contributed by atoms with E-state index >= 15 is 0 Å². The van der Waals surface area contributed by atoms with Crippen LogP contribution in [0.15, 0.2) is 12.1 Å². The number of carbonyl (C=O) groups is 2. The first-order chi connectivity index (χ1) is 9.62. The number of hydrogen-bond acceptors (Lipinski definition) is 5. The highest BCUT2D eigenvalue weighted by Crippen LogP contribution is 2.17. The van der Waals surface area contributed by atoms with E-state index in [9.17, 15) is 9.59 Å². The molecule has 0 unspecified atom stereocenters. The second-order valence-electron chi connectivity index (χ2n) is 3.75. The number of ether oxygens (including phenoxy) is 1. The Labute approximate surface area is 122 Å². The van der Waals surface area contributed by atoms with Gasteiger partial charge in [-0.1, -0.05) is 11.8 Å². The monoisotopic (exact) mass is 295 g/mol. The summed E-state index contributed by atoms with van der Waals surface area (Å²) in [4.78, 5) is 26.3. The van der Waals surface area contributed by atoms with Crippen LogP contribution in [0.1, 0.15) is 28.4 Å². The van der Waals surface area contributed by atoms with Crippen molar-refractivity contribution in [3.63, 3.8) is 0 Å². The molecule has 0 aromatic carbocycles. The molecule has 0 aliphatic carbocycles. The summed E-state index contributed by atoms with van der Waals surface area (Å²) in [6.07, 6.45) is 0. The van der Waals surface area contributed by atoms with E-state index in [0.29, 0.717) is 22.9 Å². The molecule has 1 amide bonds. The third-order valence-electron chi connectivity index (χ3n) is 2.40. The summed E-state index contributed by atoms with van der Waals surface area (Å²) in [6, 6.07) is 3.39. The van der Waals surface area contributed by atoms with Crippen LogP contribution < -0.4 is 0 Å². The molecule has 20 heavy (non-hydrogen) atoms. The minimum Gasteiger partial charge on any atom is -0.465 e. The molecular weight excluding hydrogens is 278 g/mol. The molecule has 0 aliphatic heterocycles. The SMILES string of the molecule is CCOC(=O)CN(CC)C(=O)c1ccc(C#CCO)s1.